The number of pyridine rings is 1. The van der Waals surface area contributed by atoms with Gasteiger partial charge < -0.3 is 0 Å². The molecule has 0 spiro atoms. The molecule has 0 aliphatic heterocycles. The molecule has 0 aliphatic rings. The fourth-order valence-corrected chi connectivity index (χ4v) is 3.28. The minimum absolute atomic E-state index is 0.171. The van der Waals surface area contributed by atoms with Crippen LogP contribution in [0.1, 0.15) is 11.3 Å². The standard InChI is InChI=1S/C12H8N4OS2/c1-6-5-19-11-7(3-13)9-8(10(17)16(6)11)4-14-12(15-9)18-2/h4-5H,1-2H3. The Kier molecular flexibility index (Phi) is 2.77. The van der Waals surface area contributed by atoms with Gasteiger partial charge in [0.2, 0.25) is 0 Å². The van der Waals surface area contributed by atoms with E-state index in [1.165, 1.54) is 29.3 Å². The number of nitriles is 1. The molecule has 3 aromatic heterocycles. The largest absolute Gasteiger partial charge is 0.270 e. The molecule has 3 aromatic rings. The molecule has 0 unspecified atom stereocenters. The molecule has 3 heterocycles. The summed E-state index contributed by atoms with van der Waals surface area (Å²) in [6, 6.07) is 2.16. The van der Waals surface area contributed by atoms with Crippen LogP contribution in [0.2, 0.25) is 0 Å². The predicted molar refractivity (Wildman–Crippen MR) is 75.9 cm³/mol. The fraction of sp³-hybridized carbons (Fsp3) is 0.167. The van der Waals surface area contributed by atoms with E-state index in [0.717, 1.165) is 5.69 Å². The summed E-state index contributed by atoms with van der Waals surface area (Å²) in [5.74, 6) is 0. The number of hydrogen-bond donors (Lipinski definition) is 0. The molecule has 0 atom stereocenters. The normalized spacial score (nSPS) is 11.0. The number of aromatic nitrogens is 3. The second kappa shape index (κ2) is 4.33. The maximum Gasteiger partial charge on any atom is 0.267 e. The van der Waals surface area contributed by atoms with E-state index >= 15 is 0 Å². The number of thiazole rings is 1. The first kappa shape index (κ1) is 12.1. The summed E-state index contributed by atoms with van der Waals surface area (Å²) >= 11 is 2.76. The molecule has 7 heteroatoms. The van der Waals surface area contributed by atoms with E-state index in [2.05, 4.69) is 16.0 Å². The highest BCUT2D eigenvalue weighted by atomic mass is 32.2. The number of rotatable bonds is 1. The lowest BCUT2D eigenvalue weighted by Crippen LogP contribution is -2.16. The van der Waals surface area contributed by atoms with Gasteiger partial charge in [-0.1, -0.05) is 11.8 Å². The summed E-state index contributed by atoms with van der Waals surface area (Å²) in [6.07, 6.45) is 3.36. The maximum atomic E-state index is 12.4. The van der Waals surface area contributed by atoms with Crippen molar-refractivity contribution in [3.63, 3.8) is 0 Å². The highest BCUT2D eigenvalue weighted by Gasteiger charge is 2.16. The third-order valence-electron chi connectivity index (χ3n) is 2.84. The van der Waals surface area contributed by atoms with Crippen LogP contribution in [0.5, 0.6) is 0 Å². The summed E-state index contributed by atoms with van der Waals surface area (Å²) in [6.45, 7) is 1.84. The van der Waals surface area contributed by atoms with Gasteiger partial charge in [0.25, 0.3) is 5.56 Å². The number of aryl methyl sites for hydroxylation is 1. The van der Waals surface area contributed by atoms with Gasteiger partial charge in [-0.2, -0.15) is 5.26 Å². The Morgan fingerprint density at radius 3 is 3.00 bits per heavy atom. The van der Waals surface area contributed by atoms with E-state index in [9.17, 15) is 10.1 Å². The molecule has 0 fully saturated rings. The average molecular weight is 288 g/mol. The van der Waals surface area contributed by atoms with E-state index in [0.29, 0.717) is 26.5 Å². The van der Waals surface area contributed by atoms with Gasteiger partial charge in [-0.15, -0.1) is 11.3 Å². The van der Waals surface area contributed by atoms with E-state index in [1.807, 2.05) is 18.6 Å². The van der Waals surface area contributed by atoms with Crippen LogP contribution >= 0.6 is 23.1 Å². The quantitative estimate of drug-likeness (QED) is 0.507. The number of hydrogen-bond acceptors (Lipinski definition) is 6. The van der Waals surface area contributed by atoms with Crippen molar-refractivity contribution in [2.45, 2.75) is 12.1 Å². The van der Waals surface area contributed by atoms with Crippen molar-refractivity contribution in [1.29, 1.82) is 5.26 Å². The van der Waals surface area contributed by atoms with Crippen molar-refractivity contribution in [1.82, 2.24) is 14.4 Å². The van der Waals surface area contributed by atoms with Crippen molar-refractivity contribution in [3.05, 3.63) is 33.2 Å². The Bertz CT molecular complexity index is 904. The van der Waals surface area contributed by atoms with Crippen LogP contribution in [0.3, 0.4) is 0 Å². The summed E-state index contributed by atoms with van der Waals surface area (Å²) < 4.78 is 1.55. The zero-order chi connectivity index (χ0) is 13.6. The lowest BCUT2D eigenvalue weighted by atomic mass is 10.2. The molecule has 0 saturated carbocycles. The molecular weight excluding hydrogens is 280 g/mol. The second-order valence-corrected chi connectivity index (χ2v) is 5.56. The topological polar surface area (TPSA) is 71.1 Å². The van der Waals surface area contributed by atoms with Gasteiger partial charge in [0.05, 0.1) is 5.39 Å². The number of thioether (sulfide) groups is 1. The first-order valence-corrected chi connectivity index (χ1v) is 7.51. The van der Waals surface area contributed by atoms with Gasteiger partial charge in [0.1, 0.15) is 22.0 Å². The first-order chi connectivity index (χ1) is 9.17. The molecule has 3 rings (SSSR count). The lowest BCUT2D eigenvalue weighted by molar-refractivity contribution is 0.990. The summed E-state index contributed by atoms with van der Waals surface area (Å²) in [5, 5.41) is 12.2. The zero-order valence-corrected chi connectivity index (χ0v) is 11.8. The van der Waals surface area contributed by atoms with Gasteiger partial charge in [0, 0.05) is 17.3 Å². The SMILES string of the molecule is CSc1ncc2c(=O)n3c(C)csc3c(C#N)c2n1. The van der Waals surface area contributed by atoms with Crippen LogP contribution < -0.4 is 5.56 Å². The molecule has 0 radical (unpaired) electrons. The van der Waals surface area contributed by atoms with Gasteiger partial charge in [-0.25, -0.2) is 9.97 Å². The van der Waals surface area contributed by atoms with Crippen molar-refractivity contribution < 1.29 is 0 Å². The van der Waals surface area contributed by atoms with Crippen LogP contribution in [0.4, 0.5) is 0 Å². The van der Waals surface area contributed by atoms with Crippen molar-refractivity contribution in [2.75, 3.05) is 6.26 Å². The third-order valence-corrected chi connectivity index (χ3v) is 4.47. The van der Waals surface area contributed by atoms with Crippen molar-refractivity contribution in [3.8, 4) is 6.07 Å². The van der Waals surface area contributed by atoms with Crippen LogP contribution in [0.25, 0.3) is 15.7 Å². The fourth-order valence-electron chi connectivity index (χ4n) is 1.96. The molecule has 0 N–H and O–H groups in total. The minimum Gasteiger partial charge on any atom is -0.270 e. The minimum atomic E-state index is -0.171. The maximum absolute atomic E-state index is 12.4. The molecule has 19 heavy (non-hydrogen) atoms. The molecule has 0 amide bonds. The number of fused-ring (bicyclic) bond motifs is 2. The molecule has 0 aromatic carbocycles. The Hall–Kier alpha value is -1.91. The van der Waals surface area contributed by atoms with Crippen molar-refractivity contribution >= 4 is 38.8 Å². The lowest BCUT2D eigenvalue weighted by Gasteiger charge is -2.04. The molecule has 0 saturated heterocycles. The van der Waals surface area contributed by atoms with Crippen LogP contribution in [0, 0.1) is 18.3 Å². The van der Waals surface area contributed by atoms with Crippen molar-refractivity contribution in [2.24, 2.45) is 0 Å². The third kappa shape index (κ3) is 1.64. The zero-order valence-electron chi connectivity index (χ0n) is 10.2. The Balaban J connectivity index is 2.64. The molecule has 5 nitrogen and oxygen atoms in total. The van der Waals surface area contributed by atoms with Gasteiger partial charge >= 0.3 is 0 Å². The van der Waals surface area contributed by atoms with E-state index < -0.39 is 0 Å². The van der Waals surface area contributed by atoms with E-state index in [-0.39, 0.29) is 5.56 Å². The molecule has 0 bridgehead atoms. The van der Waals surface area contributed by atoms with Crippen LogP contribution in [-0.4, -0.2) is 20.6 Å². The molecule has 94 valence electrons. The average Bonchev–Trinajstić information content (AvgIpc) is 2.81. The Labute approximate surface area is 116 Å². The highest BCUT2D eigenvalue weighted by molar-refractivity contribution is 7.98. The molecular formula is C12H8N4OS2. The number of nitrogens with zero attached hydrogens (tertiary/aromatic N) is 4. The van der Waals surface area contributed by atoms with Gasteiger partial charge in [-0.05, 0) is 13.2 Å². The summed E-state index contributed by atoms with van der Waals surface area (Å²) in [7, 11) is 0. The van der Waals surface area contributed by atoms with E-state index in [4.69, 9.17) is 0 Å². The van der Waals surface area contributed by atoms with Crippen LogP contribution in [0.15, 0.2) is 21.5 Å². The smallest absolute Gasteiger partial charge is 0.267 e. The Morgan fingerprint density at radius 2 is 2.32 bits per heavy atom. The van der Waals surface area contributed by atoms with Gasteiger partial charge in [-0.3, -0.25) is 9.20 Å². The Morgan fingerprint density at radius 1 is 1.53 bits per heavy atom. The van der Waals surface area contributed by atoms with E-state index in [1.54, 1.807) is 4.40 Å². The first-order valence-electron chi connectivity index (χ1n) is 5.41. The highest BCUT2D eigenvalue weighted by Crippen LogP contribution is 2.24. The molecule has 0 aliphatic carbocycles. The summed E-state index contributed by atoms with van der Waals surface area (Å²) in [4.78, 5) is 21.5. The van der Waals surface area contributed by atoms with Gasteiger partial charge in [0.15, 0.2) is 5.16 Å². The monoisotopic (exact) mass is 288 g/mol. The summed E-state index contributed by atoms with van der Waals surface area (Å²) in [5.41, 5.74) is 1.52. The predicted octanol–water partition coefficient (Wildman–Crippen LogP) is 2.21. The van der Waals surface area contributed by atoms with Crippen LogP contribution in [-0.2, 0) is 0 Å². The second-order valence-electron chi connectivity index (χ2n) is 3.93.